The largest absolute Gasteiger partial charge is 0.304 e. The summed E-state index contributed by atoms with van der Waals surface area (Å²) in [6.45, 7) is 9.27. The molecule has 0 unspecified atom stereocenters. The van der Waals surface area contributed by atoms with Crippen molar-refractivity contribution in [2.75, 3.05) is 0 Å². The fourth-order valence-electron chi connectivity index (χ4n) is 0.747. The van der Waals surface area contributed by atoms with Crippen molar-refractivity contribution < 1.29 is 9.59 Å². The molecular formula is C9H18O2. The first kappa shape index (κ1) is 13.0. The summed E-state index contributed by atoms with van der Waals surface area (Å²) in [4.78, 5) is 19.3. The van der Waals surface area contributed by atoms with Crippen LogP contribution in [0.5, 0.6) is 0 Å². The molecule has 0 fully saturated rings. The molecule has 0 spiro atoms. The van der Waals surface area contributed by atoms with Crippen molar-refractivity contribution in [1.29, 1.82) is 0 Å². The quantitative estimate of drug-likeness (QED) is 0.548. The maximum Gasteiger partial charge on any atom is 0.130 e. The van der Waals surface area contributed by atoms with E-state index in [9.17, 15) is 4.79 Å². The van der Waals surface area contributed by atoms with Gasteiger partial charge >= 0.3 is 0 Å². The van der Waals surface area contributed by atoms with Crippen LogP contribution in [0.4, 0.5) is 0 Å². The first-order chi connectivity index (χ1) is 4.83. The molecule has 0 heterocycles. The van der Waals surface area contributed by atoms with Gasteiger partial charge in [0.25, 0.3) is 0 Å². The molecule has 0 aromatic carbocycles. The Bertz CT molecular complexity index is 120. The van der Waals surface area contributed by atoms with E-state index in [4.69, 9.17) is 4.79 Å². The van der Waals surface area contributed by atoms with Gasteiger partial charge in [0.2, 0.25) is 0 Å². The number of carbonyl (C=O) groups excluding carboxylic acids is 2. The predicted molar refractivity (Wildman–Crippen MR) is 46.5 cm³/mol. The molecule has 0 saturated heterocycles. The molecule has 0 rings (SSSR count). The Morgan fingerprint density at radius 2 is 1.64 bits per heavy atom. The molecule has 0 atom stereocenters. The van der Waals surface area contributed by atoms with Gasteiger partial charge in [0.1, 0.15) is 12.1 Å². The zero-order valence-corrected chi connectivity index (χ0v) is 8.10. The van der Waals surface area contributed by atoms with Crippen LogP contribution in [0.15, 0.2) is 0 Å². The molecule has 11 heavy (non-hydrogen) atoms. The number of hydrogen-bond acceptors (Lipinski definition) is 2. The van der Waals surface area contributed by atoms with E-state index >= 15 is 0 Å². The third-order valence-electron chi connectivity index (χ3n) is 0.779. The molecule has 0 aliphatic rings. The van der Waals surface area contributed by atoms with Crippen LogP contribution < -0.4 is 0 Å². The zero-order chi connectivity index (χ0) is 9.49. The van der Waals surface area contributed by atoms with Gasteiger partial charge in [-0.15, -0.1) is 0 Å². The van der Waals surface area contributed by atoms with E-state index in [0.717, 1.165) is 6.29 Å². The van der Waals surface area contributed by atoms with E-state index in [1.54, 1.807) is 6.92 Å². The number of ketones is 1. The summed E-state index contributed by atoms with van der Waals surface area (Å²) in [5, 5.41) is 0. The highest BCUT2D eigenvalue weighted by Gasteiger charge is 2.11. The maximum absolute atomic E-state index is 10.5. The first-order valence-corrected chi connectivity index (χ1v) is 3.72. The maximum atomic E-state index is 10.5. The Hall–Kier alpha value is -0.660. The van der Waals surface area contributed by atoms with Gasteiger partial charge < -0.3 is 9.59 Å². The minimum Gasteiger partial charge on any atom is -0.304 e. The van der Waals surface area contributed by atoms with Crippen LogP contribution in [-0.4, -0.2) is 12.1 Å². The fourth-order valence-corrected chi connectivity index (χ4v) is 0.747. The SMILES string of the molecule is CC(=O)CC(C)(C)C.CC=O. The van der Waals surface area contributed by atoms with Gasteiger partial charge in [-0.1, -0.05) is 20.8 Å². The molecule has 0 N–H and O–H groups in total. The van der Waals surface area contributed by atoms with E-state index in [-0.39, 0.29) is 11.2 Å². The average molecular weight is 158 g/mol. The minimum atomic E-state index is 0.172. The number of aldehydes is 1. The summed E-state index contributed by atoms with van der Waals surface area (Å²) in [5.74, 6) is 0.275. The van der Waals surface area contributed by atoms with Gasteiger partial charge in [-0.25, -0.2) is 0 Å². The van der Waals surface area contributed by atoms with Crippen LogP contribution in [0, 0.1) is 5.41 Å². The minimum absolute atomic E-state index is 0.172. The smallest absolute Gasteiger partial charge is 0.130 e. The predicted octanol–water partition coefficient (Wildman–Crippen LogP) is 2.22. The van der Waals surface area contributed by atoms with E-state index in [2.05, 4.69) is 20.8 Å². The van der Waals surface area contributed by atoms with Crippen molar-refractivity contribution >= 4 is 12.1 Å². The van der Waals surface area contributed by atoms with Crippen LogP contribution in [-0.2, 0) is 9.59 Å². The van der Waals surface area contributed by atoms with Crippen molar-refractivity contribution in [3.8, 4) is 0 Å². The van der Waals surface area contributed by atoms with Crippen LogP contribution in [0.2, 0.25) is 0 Å². The van der Waals surface area contributed by atoms with Gasteiger partial charge in [-0.05, 0) is 19.3 Å². The van der Waals surface area contributed by atoms with Crippen molar-refractivity contribution in [2.45, 2.75) is 41.0 Å². The van der Waals surface area contributed by atoms with Gasteiger partial charge in [-0.3, -0.25) is 0 Å². The summed E-state index contributed by atoms with van der Waals surface area (Å²) in [7, 11) is 0. The van der Waals surface area contributed by atoms with Gasteiger partial charge in [-0.2, -0.15) is 0 Å². The highest BCUT2D eigenvalue weighted by Crippen LogP contribution is 2.17. The monoisotopic (exact) mass is 158 g/mol. The molecule has 0 aromatic rings. The summed E-state index contributed by atoms with van der Waals surface area (Å²) in [6.07, 6.45) is 1.44. The molecule has 0 saturated carbocycles. The molecule has 0 aliphatic heterocycles. The fraction of sp³-hybridized carbons (Fsp3) is 0.778. The molecule has 0 bridgehead atoms. The lowest BCUT2D eigenvalue weighted by atomic mass is 9.91. The third-order valence-corrected chi connectivity index (χ3v) is 0.779. The van der Waals surface area contributed by atoms with Gasteiger partial charge in [0.05, 0.1) is 0 Å². The van der Waals surface area contributed by atoms with Crippen molar-refractivity contribution in [2.24, 2.45) is 5.41 Å². The van der Waals surface area contributed by atoms with Gasteiger partial charge in [0, 0.05) is 6.42 Å². The lowest BCUT2D eigenvalue weighted by Gasteiger charge is -2.14. The van der Waals surface area contributed by atoms with Crippen molar-refractivity contribution in [3.63, 3.8) is 0 Å². The van der Waals surface area contributed by atoms with Crippen LogP contribution in [0.1, 0.15) is 41.0 Å². The number of hydrogen-bond donors (Lipinski definition) is 0. The molecule has 0 aliphatic carbocycles. The number of Topliss-reactive ketones (excluding diaryl/α,β-unsaturated/α-hetero) is 1. The lowest BCUT2D eigenvalue weighted by molar-refractivity contribution is -0.118. The molecule has 0 aromatic heterocycles. The second kappa shape index (κ2) is 6.08. The summed E-state index contributed by atoms with van der Waals surface area (Å²) < 4.78 is 0. The Kier molecular flexibility index (Phi) is 7.16. The average Bonchev–Trinajstić information content (AvgIpc) is 1.57. The molecule has 0 radical (unpaired) electrons. The summed E-state index contributed by atoms with van der Waals surface area (Å²) >= 11 is 0. The zero-order valence-electron chi connectivity index (χ0n) is 8.10. The number of rotatable bonds is 1. The van der Waals surface area contributed by atoms with Crippen LogP contribution in [0.3, 0.4) is 0 Å². The first-order valence-electron chi connectivity index (χ1n) is 3.72. The Balaban J connectivity index is 0. The standard InChI is InChI=1S/C7H14O.C2H4O/c1-6(8)5-7(2,3)4;1-2-3/h5H2,1-4H3;2H,1H3. The Morgan fingerprint density at radius 3 is 1.64 bits per heavy atom. The van der Waals surface area contributed by atoms with E-state index < -0.39 is 0 Å². The molecule has 66 valence electrons. The Morgan fingerprint density at radius 1 is 1.36 bits per heavy atom. The lowest BCUT2D eigenvalue weighted by Crippen LogP contribution is -2.09. The van der Waals surface area contributed by atoms with E-state index in [1.807, 2.05) is 0 Å². The normalized spacial score (nSPS) is 9.55. The highest BCUT2D eigenvalue weighted by molar-refractivity contribution is 5.76. The van der Waals surface area contributed by atoms with Crippen LogP contribution in [0.25, 0.3) is 0 Å². The number of carbonyl (C=O) groups is 2. The van der Waals surface area contributed by atoms with Crippen LogP contribution >= 0.6 is 0 Å². The van der Waals surface area contributed by atoms with Gasteiger partial charge in [0.15, 0.2) is 0 Å². The summed E-state index contributed by atoms with van der Waals surface area (Å²) in [6, 6.07) is 0. The topological polar surface area (TPSA) is 34.1 Å². The molecule has 2 nitrogen and oxygen atoms in total. The van der Waals surface area contributed by atoms with Crippen molar-refractivity contribution in [1.82, 2.24) is 0 Å². The Labute approximate surface area is 69.0 Å². The van der Waals surface area contributed by atoms with E-state index in [1.165, 1.54) is 6.92 Å². The second-order valence-electron chi connectivity index (χ2n) is 3.68. The molecular weight excluding hydrogens is 140 g/mol. The summed E-state index contributed by atoms with van der Waals surface area (Å²) in [5.41, 5.74) is 0.172. The molecule has 2 heteroatoms. The molecule has 0 amide bonds. The second-order valence-corrected chi connectivity index (χ2v) is 3.68. The highest BCUT2D eigenvalue weighted by atomic mass is 16.1. The van der Waals surface area contributed by atoms with E-state index in [0.29, 0.717) is 6.42 Å². The van der Waals surface area contributed by atoms with Crippen molar-refractivity contribution in [3.05, 3.63) is 0 Å². The third kappa shape index (κ3) is 26.7.